The van der Waals surface area contributed by atoms with Crippen molar-refractivity contribution in [1.29, 1.82) is 0 Å². The van der Waals surface area contributed by atoms with E-state index < -0.39 is 23.7 Å². The van der Waals surface area contributed by atoms with Crippen LogP contribution in [0.5, 0.6) is 0 Å². The highest BCUT2D eigenvalue weighted by Gasteiger charge is 2.37. The van der Waals surface area contributed by atoms with Crippen molar-refractivity contribution in [2.45, 2.75) is 6.18 Å². The maximum atomic E-state index is 13.7. The number of benzene rings is 2. The van der Waals surface area contributed by atoms with Crippen molar-refractivity contribution in [3.05, 3.63) is 108 Å². The van der Waals surface area contributed by atoms with Crippen molar-refractivity contribution in [3.63, 3.8) is 0 Å². The van der Waals surface area contributed by atoms with Crippen LogP contribution in [0, 0.1) is 0 Å². The number of nitrogens with zero attached hydrogens (tertiary/aromatic N) is 5. The quantitative estimate of drug-likeness (QED) is 0.326. The smallest absolute Gasteiger partial charge is 0.366 e. The number of halogens is 3. The Labute approximate surface area is 219 Å². The topological polar surface area (TPSA) is 129 Å². The Balaban J connectivity index is 1.38. The van der Waals surface area contributed by atoms with Crippen LogP contribution < -0.4 is 11.1 Å². The molecular formula is C27H18F3N7O2. The zero-order valence-corrected chi connectivity index (χ0v) is 19.9. The molecule has 0 aliphatic carbocycles. The molecule has 0 bridgehead atoms. The minimum Gasteiger partial charge on any atom is -0.366 e. The van der Waals surface area contributed by atoms with E-state index in [9.17, 15) is 22.8 Å². The summed E-state index contributed by atoms with van der Waals surface area (Å²) in [5, 5.41) is 14.3. The highest BCUT2D eigenvalue weighted by molar-refractivity contribution is 6.04. The van der Waals surface area contributed by atoms with Crippen LogP contribution >= 0.6 is 0 Å². The number of anilines is 1. The van der Waals surface area contributed by atoms with Crippen LogP contribution in [0.4, 0.5) is 19.0 Å². The fourth-order valence-corrected chi connectivity index (χ4v) is 3.80. The van der Waals surface area contributed by atoms with Gasteiger partial charge >= 0.3 is 6.18 Å². The van der Waals surface area contributed by atoms with Crippen molar-refractivity contribution in [2.75, 3.05) is 5.32 Å². The van der Waals surface area contributed by atoms with E-state index in [1.165, 1.54) is 24.5 Å². The Morgan fingerprint density at radius 3 is 2.13 bits per heavy atom. The molecule has 0 spiro atoms. The number of nitrogens with two attached hydrogens (primary N) is 1. The second-order valence-electron chi connectivity index (χ2n) is 8.32. The number of hydrogen-bond donors (Lipinski definition) is 2. The van der Waals surface area contributed by atoms with Crippen molar-refractivity contribution < 1.29 is 22.8 Å². The van der Waals surface area contributed by atoms with E-state index in [0.717, 1.165) is 6.07 Å². The van der Waals surface area contributed by atoms with E-state index in [4.69, 9.17) is 5.73 Å². The summed E-state index contributed by atoms with van der Waals surface area (Å²) in [5.41, 5.74) is 6.77. The lowest BCUT2D eigenvalue weighted by molar-refractivity contribution is -0.142. The molecule has 3 N–H and O–H groups in total. The highest BCUT2D eigenvalue weighted by atomic mass is 19.4. The molecule has 194 valence electrons. The standard InChI is InChI=1S/C27H18F3N7O2/c28-27(29,30)22-14-21(20-8-3-11-32-15-20)36-37(22)24-10-9-23(34-35-24)33-26(39)19-7-2-5-17(13-19)16-4-1-6-18(12-16)25(31)38/h1-15H,(H2,31,38)(H,33,34,39). The number of alkyl halides is 3. The lowest BCUT2D eigenvalue weighted by Gasteiger charge is -2.10. The summed E-state index contributed by atoms with van der Waals surface area (Å²) < 4.78 is 41.8. The van der Waals surface area contributed by atoms with E-state index in [2.05, 4.69) is 25.6 Å². The molecule has 2 amide bonds. The summed E-state index contributed by atoms with van der Waals surface area (Å²) >= 11 is 0. The molecule has 3 heterocycles. The Morgan fingerprint density at radius 2 is 1.51 bits per heavy atom. The number of nitrogens with one attached hydrogen (secondary N) is 1. The zero-order valence-electron chi connectivity index (χ0n) is 19.9. The molecule has 5 aromatic rings. The molecule has 0 aliphatic heterocycles. The number of hydrogen-bond acceptors (Lipinski definition) is 6. The Hall–Kier alpha value is -5.39. The van der Waals surface area contributed by atoms with Crippen LogP contribution in [0.1, 0.15) is 26.4 Å². The number of aromatic nitrogens is 5. The fourth-order valence-electron chi connectivity index (χ4n) is 3.80. The number of carbonyl (C=O) groups excluding carboxylic acids is 2. The first-order chi connectivity index (χ1) is 18.7. The van der Waals surface area contributed by atoms with Gasteiger partial charge in [-0.15, -0.1) is 10.2 Å². The van der Waals surface area contributed by atoms with Crippen molar-refractivity contribution in [1.82, 2.24) is 25.0 Å². The molecule has 0 saturated heterocycles. The third-order valence-electron chi connectivity index (χ3n) is 5.67. The van der Waals surface area contributed by atoms with Crippen molar-refractivity contribution in [2.24, 2.45) is 5.73 Å². The van der Waals surface area contributed by atoms with Crippen LogP contribution in [0.3, 0.4) is 0 Å². The van der Waals surface area contributed by atoms with Gasteiger partial charge in [-0.25, -0.2) is 4.68 Å². The molecule has 0 fully saturated rings. The van der Waals surface area contributed by atoms with E-state index in [-0.39, 0.29) is 22.9 Å². The molecular weight excluding hydrogens is 511 g/mol. The van der Waals surface area contributed by atoms with Crippen molar-refractivity contribution in [3.8, 4) is 28.2 Å². The van der Waals surface area contributed by atoms with Crippen LogP contribution in [-0.4, -0.2) is 36.8 Å². The summed E-state index contributed by atoms with van der Waals surface area (Å²) in [6, 6.07) is 20.0. The Kier molecular flexibility index (Phi) is 6.59. The largest absolute Gasteiger partial charge is 0.433 e. The molecule has 5 rings (SSSR count). The molecule has 12 heteroatoms. The summed E-state index contributed by atoms with van der Waals surface area (Å²) in [5.74, 6) is -1.25. The van der Waals surface area contributed by atoms with Gasteiger partial charge in [0.1, 0.15) is 0 Å². The predicted octanol–water partition coefficient (Wildman–Crippen LogP) is 4.76. The molecule has 0 radical (unpaired) electrons. The molecule has 0 saturated carbocycles. The first-order valence-corrected chi connectivity index (χ1v) is 11.4. The van der Waals surface area contributed by atoms with Crippen LogP contribution in [0.2, 0.25) is 0 Å². The lowest BCUT2D eigenvalue weighted by Crippen LogP contribution is -2.16. The second-order valence-corrected chi connectivity index (χ2v) is 8.32. The second kappa shape index (κ2) is 10.2. The number of amides is 2. The average molecular weight is 529 g/mol. The first-order valence-electron chi connectivity index (χ1n) is 11.4. The summed E-state index contributed by atoms with van der Waals surface area (Å²) in [6.07, 6.45) is -1.80. The van der Waals surface area contributed by atoms with Gasteiger partial charge in [0, 0.05) is 29.1 Å². The number of pyridine rings is 1. The molecule has 0 aliphatic rings. The van der Waals surface area contributed by atoms with E-state index in [0.29, 0.717) is 26.9 Å². The van der Waals surface area contributed by atoms with Crippen LogP contribution in [0.15, 0.2) is 91.3 Å². The molecule has 3 aromatic heterocycles. The summed E-state index contributed by atoms with van der Waals surface area (Å²) in [6.45, 7) is 0. The summed E-state index contributed by atoms with van der Waals surface area (Å²) in [7, 11) is 0. The Bertz CT molecular complexity index is 1670. The minimum atomic E-state index is -4.70. The first kappa shape index (κ1) is 25.3. The third-order valence-corrected chi connectivity index (χ3v) is 5.67. The SMILES string of the molecule is NC(=O)c1cccc(-c2cccc(C(=O)Nc3ccc(-n4nc(-c5cccnc5)cc4C(F)(F)F)nn3)c2)c1. The van der Waals surface area contributed by atoms with E-state index >= 15 is 0 Å². The van der Waals surface area contributed by atoms with Gasteiger partial charge in [0.2, 0.25) is 5.91 Å². The predicted molar refractivity (Wildman–Crippen MR) is 136 cm³/mol. The van der Waals surface area contributed by atoms with Gasteiger partial charge in [-0.3, -0.25) is 14.6 Å². The van der Waals surface area contributed by atoms with Crippen LogP contribution in [-0.2, 0) is 6.18 Å². The fraction of sp³-hybridized carbons (Fsp3) is 0.0370. The molecule has 9 nitrogen and oxygen atoms in total. The summed E-state index contributed by atoms with van der Waals surface area (Å²) in [4.78, 5) is 28.3. The molecule has 2 aromatic carbocycles. The van der Waals surface area contributed by atoms with Gasteiger partial charge in [-0.05, 0) is 65.7 Å². The molecule has 39 heavy (non-hydrogen) atoms. The monoisotopic (exact) mass is 529 g/mol. The van der Waals surface area contributed by atoms with Gasteiger partial charge < -0.3 is 11.1 Å². The van der Waals surface area contributed by atoms with E-state index in [1.54, 1.807) is 60.7 Å². The van der Waals surface area contributed by atoms with Gasteiger partial charge in [0.25, 0.3) is 5.91 Å². The maximum absolute atomic E-state index is 13.7. The number of rotatable bonds is 6. The third kappa shape index (κ3) is 5.49. The van der Waals surface area contributed by atoms with Crippen molar-refractivity contribution >= 4 is 17.6 Å². The minimum absolute atomic E-state index is 0.0260. The maximum Gasteiger partial charge on any atom is 0.433 e. The lowest BCUT2D eigenvalue weighted by atomic mass is 10.0. The van der Waals surface area contributed by atoms with Gasteiger partial charge in [0.05, 0.1) is 5.69 Å². The average Bonchev–Trinajstić information content (AvgIpc) is 3.41. The number of primary amides is 1. The van der Waals surface area contributed by atoms with Gasteiger partial charge in [0.15, 0.2) is 17.3 Å². The van der Waals surface area contributed by atoms with E-state index in [1.807, 2.05) is 0 Å². The normalized spacial score (nSPS) is 11.3. The zero-order chi connectivity index (χ0) is 27.6. The molecule has 0 unspecified atom stereocenters. The van der Waals surface area contributed by atoms with Gasteiger partial charge in [-0.2, -0.15) is 18.3 Å². The Morgan fingerprint density at radius 1 is 0.821 bits per heavy atom. The van der Waals surface area contributed by atoms with Gasteiger partial charge in [-0.1, -0.05) is 24.3 Å². The highest BCUT2D eigenvalue weighted by Crippen LogP contribution is 2.33. The number of carbonyl (C=O) groups is 2. The van der Waals surface area contributed by atoms with Crippen LogP contribution in [0.25, 0.3) is 28.2 Å². The molecule has 0 atom stereocenters.